The van der Waals surface area contributed by atoms with Crippen molar-refractivity contribution in [3.05, 3.63) is 58.0 Å². The molecule has 0 fully saturated rings. The van der Waals surface area contributed by atoms with Gasteiger partial charge in [-0.05, 0) is 49.6 Å². The average Bonchev–Trinajstić information content (AvgIpc) is 3.06. The van der Waals surface area contributed by atoms with E-state index in [9.17, 15) is 14.4 Å². The number of ether oxygens (including phenoxy) is 1. The van der Waals surface area contributed by atoms with Crippen molar-refractivity contribution in [3.8, 4) is 0 Å². The molecule has 0 saturated heterocycles. The fourth-order valence-electron chi connectivity index (χ4n) is 3.05. The molecule has 1 aromatic heterocycles. The summed E-state index contributed by atoms with van der Waals surface area (Å²) in [4.78, 5) is 38.9. The van der Waals surface area contributed by atoms with E-state index in [-0.39, 0.29) is 24.3 Å². The summed E-state index contributed by atoms with van der Waals surface area (Å²) in [7, 11) is 2.92. The summed E-state index contributed by atoms with van der Waals surface area (Å²) < 4.78 is 10.3. The topological polar surface area (TPSA) is 88.9 Å². The zero-order valence-corrected chi connectivity index (χ0v) is 18.6. The SMILES string of the molecule is COC(=O)c1cc(CN(C)C(=O)C(CC(C)C)NC(=O)c2ccc(Cl)cc2)oc1C. The summed E-state index contributed by atoms with van der Waals surface area (Å²) >= 11 is 5.87. The number of amides is 2. The highest BCUT2D eigenvalue weighted by Crippen LogP contribution is 2.18. The molecular formula is C22H27ClN2O5. The third-order valence-electron chi connectivity index (χ3n) is 4.56. The number of hydrogen-bond acceptors (Lipinski definition) is 5. The number of nitrogens with one attached hydrogen (secondary N) is 1. The van der Waals surface area contributed by atoms with E-state index in [1.807, 2.05) is 13.8 Å². The number of carbonyl (C=O) groups excluding carboxylic acids is 3. The quantitative estimate of drug-likeness (QED) is 0.638. The smallest absolute Gasteiger partial charge is 0.341 e. The van der Waals surface area contributed by atoms with E-state index >= 15 is 0 Å². The third kappa shape index (κ3) is 6.10. The number of esters is 1. The molecule has 0 radical (unpaired) electrons. The molecule has 0 aliphatic heterocycles. The highest BCUT2D eigenvalue weighted by molar-refractivity contribution is 6.30. The third-order valence-corrected chi connectivity index (χ3v) is 4.81. The van der Waals surface area contributed by atoms with Gasteiger partial charge in [-0.3, -0.25) is 9.59 Å². The van der Waals surface area contributed by atoms with Crippen LogP contribution in [-0.4, -0.2) is 42.9 Å². The number of halogens is 1. The van der Waals surface area contributed by atoms with Gasteiger partial charge in [-0.25, -0.2) is 4.79 Å². The molecule has 1 N–H and O–H groups in total. The highest BCUT2D eigenvalue weighted by Gasteiger charge is 2.26. The number of likely N-dealkylation sites (N-methyl/N-ethyl adjacent to an activating group) is 1. The number of hydrogen-bond donors (Lipinski definition) is 1. The minimum atomic E-state index is -0.700. The Labute approximate surface area is 181 Å². The van der Waals surface area contributed by atoms with Gasteiger partial charge in [0.05, 0.1) is 13.7 Å². The van der Waals surface area contributed by atoms with Crippen molar-refractivity contribution >= 4 is 29.4 Å². The average molecular weight is 435 g/mol. The Morgan fingerprint density at radius 3 is 2.40 bits per heavy atom. The molecule has 162 valence electrons. The molecule has 8 heteroatoms. The summed E-state index contributed by atoms with van der Waals surface area (Å²) in [5.41, 5.74) is 0.746. The van der Waals surface area contributed by atoms with E-state index in [2.05, 4.69) is 5.32 Å². The molecule has 7 nitrogen and oxygen atoms in total. The zero-order valence-electron chi connectivity index (χ0n) is 17.8. The van der Waals surface area contributed by atoms with E-state index in [4.69, 9.17) is 20.8 Å². The van der Waals surface area contributed by atoms with Crippen LogP contribution in [0.4, 0.5) is 0 Å². The lowest BCUT2D eigenvalue weighted by molar-refractivity contribution is -0.133. The van der Waals surface area contributed by atoms with E-state index in [0.717, 1.165) is 0 Å². The molecule has 2 amide bonds. The predicted octanol–water partition coefficient (Wildman–Crippen LogP) is 3.83. The van der Waals surface area contributed by atoms with Crippen molar-refractivity contribution in [1.82, 2.24) is 10.2 Å². The number of methoxy groups -OCH3 is 1. The molecule has 0 aliphatic rings. The first-order valence-electron chi connectivity index (χ1n) is 9.61. The van der Waals surface area contributed by atoms with Gasteiger partial charge in [0.25, 0.3) is 5.91 Å². The van der Waals surface area contributed by atoms with Crippen molar-refractivity contribution in [3.63, 3.8) is 0 Å². The monoisotopic (exact) mass is 434 g/mol. The molecule has 2 rings (SSSR count). The minimum Gasteiger partial charge on any atom is -0.465 e. The molecule has 30 heavy (non-hydrogen) atoms. The van der Waals surface area contributed by atoms with Crippen molar-refractivity contribution in [1.29, 1.82) is 0 Å². The zero-order chi connectivity index (χ0) is 22.4. The van der Waals surface area contributed by atoms with Gasteiger partial charge in [0, 0.05) is 17.6 Å². The fourth-order valence-corrected chi connectivity index (χ4v) is 3.17. The van der Waals surface area contributed by atoms with Crippen LogP contribution in [0.3, 0.4) is 0 Å². The van der Waals surface area contributed by atoms with Crippen LogP contribution in [0.5, 0.6) is 0 Å². The maximum absolute atomic E-state index is 13.0. The van der Waals surface area contributed by atoms with Crippen LogP contribution in [-0.2, 0) is 16.1 Å². The van der Waals surface area contributed by atoms with Gasteiger partial charge in [-0.15, -0.1) is 0 Å². The molecule has 1 atom stereocenters. The maximum Gasteiger partial charge on any atom is 0.341 e. The second-order valence-electron chi connectivity index (χ2n) is 7.53. The van der Waals surface area contributed by atoms with E-state index in [1.165, 1.54) is 12.0 Å². The van der Waals surface area contributed by atoms with Crippen molar-refractivity contribution in [2.24, 2.45) is 5.92 Å². The Morgan fingerprint density at radius 2 is 1.83 bits per heavy atom. The number of rotatable bonds is 8. The summed E-state index contributed by atoms with van der Waals surface area (Å²) in [5, 5.41) is 3.35. The van der Waals surface area contributed by atoms with Crippen LogP contribution in [0.2, 0.25) is 5.02 Å². The molecule has 0 saturated carbocycles. The Kier molecular flexibility index (Phi) is 8.06. The Morgan fingerprint density at radius 1 is 1.20 bits per heavy atom. The summed E-state index contributed by atoms with van der Waals surface area (Å²) in [6.07, 6.45) is 0.479. The Bertz CT molecular complexity index is 905. The molecule has 1 unspecified atom stereocenters. The fraction of sp³-hybridized carbons (Fsp3) is 0.409. The van der Waals surface area contributed by atoms with E-state index < -0.39 is 12.0 Å². The lowest BCUT2D eigenvalue weighted by Gasteiger charge is -2.25. The van der Waals surface area contributed by atoms with Crippen LogP contribution in [0.1, 0.15) is 52.5 Å². The lowest BCUT2D eigenvalue weighted by atomic mass is 10.0. The minimum absolute atomic E-state index is 0.155. The first-order chi connectivity index (χ1) is 14.1. The van der Waals surface area contributed by atoms with Gasteiger partial charge in [0.1, 0.15) is 23.1 Å². The van der Waals surface area contributed by atoms with Gasteiger partial charge in [0.15, 0.2) is 0 Å². The summed E-state index contributed by atoms with van der Waals surface area (Å²) in [6, 6.07) is 7.33. The van der Waals surface area contributed by atoms with Gasteiger partial charge in [-0.2, -0.15) is 0 Å². The van der Waals surface area contributed by atoms with E-state index in [1.54, 1.807) is 44.3 Å². The molecule has 0 spiro atoms. The van der Waals surface area contributed by atoms with Crippen molar-refractivity contribution in [2.75, 3.05) is 14.2 Å². The van der Waals surface area contributed by atoms with Crippen LogP contribution in [0.25, 0.3) is 0 Å². The maximum atomic E-state index is 13.0. The van der Waals surface area contributed by atoms with Crippen molar-refractivity contribution < 1.29 is 23.5 Å². The molecule has 0 bridgehead atoms. The lowest BCUT2D eigenvalue weighted by Crippen LogP contribution is -2.47. The van der Waals surface area contributed by atoms with Gasteiger partial charge >= 0.3 is 5.97 Å². The normalized spacial score (nSPS) is 11.8. The molecule has 2 aromatic rings. The van der Waals surface area contributed by atoms with Gasteiger partial charge < -0.3 is 19.4 Å². The molecule has 1 heterocycles. The van der Waals surface area contributed by atoms with Gasteiger partial charge in [-0.1, -0.05) is 25.4 Å². The second kappa shape index (κ2) is 10.3. The summed E-state index contributed by atoms with van der Waals surface area (Å²) in [5.74, 6) is -0.0249. The first-order valence-corrected chi connectivity index (χ1v) is 9.99. The van der Waals surface area contributed by atoms with Crippen molar-refractivity contribution in [2.45, 2.75) is 39.8 Å². The van der Waals surface area contributed by atoms with Crippen LogP contribution in [0.15, 0.2) is 34.7 Å². The Hall–Kier alpha value is -2.80. The molecular weight excluding hydrogens is 408 g/mol. The molecule has 1 aromatic carbocycles. The first kappa shape index (κ1) is 23.5. The standard InChI is InChI=1S/C22H27ClN2O5/c1-13(2)10-19(24-20(26)15-6-8-16(23)9-7-15)21(27)25(4)12-17-11-18(14(3)30-17)22(28)29-5/h6-9,11,13,19H,10,12H2,1-5H3,(H,24,26). The highest BCUT2D eigenvalue weighted by atomic mass is 35.5. The Balaban J connectivity index is 2.12. The number of nitrogens with zero attached hydrogens (tertiary/aromatic N) is 1. The number of furan rings is 1. The largest absolute Gasteiger partial charge is 0.465 e. The predicted molar refractivity (Wildman–Crippen MR) is 113 cm³/mol. The van der Waals surface area contributed by atoms with Crippen LogP contribution < -0.4 is 5.32 Å². The van der Waals surface area contributed by atoms with Crippen LogP contribution >= 0.6 is 11.6 Å². The summed E-state index contributed by atoms with van der Waals surface area (Å²) in [6.45, 7) is 5.77. The molecule has 0 aliphatic carbocycles. The van der Waals surface area contributed by atoms with E-state index in [0.29, 0.717) is 34.1 Å². The van der Waals surface area contributed by atoms with Crippen LogP contribution in [0, 0.1) is 12.8 Å². The number of carbonyl (C=O) groups is 3. The second-order valence-corrected chi connectivity index (χ2v) is 7.97. The van der Waals surface area contributed by atoms with Gasteiger partial charge in [0.2, 0.25) is 5.91 Å². The number of aryl methyl sites for hydroxylation is 1. The number of benzene rings is 1.